The Labute approximate surface area is 181 Å². The topological polar surface area (TPSA) is 63.7 Å². The fourth-order valence-corrected chi connectivity index (χ4v) is 3.66. The molecule has 4 rings (SSSR count). The van der Waals surface area contributed by atoms with Crippen LogP contribution < -0.4 is 4.90 Å². The van der Waals surface area contributed by atoms with Crippen LogP contribution in [-0.2, 0) is 14.3 Å². The van der Waals surface area contributed by atoms with Crippen molar-refractivity contribution >= 4 is 23.3 Å². The van der Waals surface area contributed by atoms with Gasteiger partial charge in [0.25, 0.3) is 0 Å². The van der Waals surface area contributed by atoms with Gasteiger partial charge in [0.1, 0.15) is 0 Å². The lowest BCUT2D eigenvalue weighted by Crippen LogP contribution is -2.27. The fourth-order valence-electron chi connectivity index (χ4n) is 3.66. The van der Waals surface area contributed by atoms with Crippen LogP contribution in [-0.4, -0.2) is 30.8 Å². The summed E-state index contributed by atoms with van der Waals surface area (Å²) in [7, 11) is 0. The number of amides is 1. The Hall–Kier alpha value is -3.73. The molecule has 3 aromatic rings. The summed E-state index contributed by atoms with van der Waals surface area (Å²) in [5, 5.41) is 0. The lowest BCUT2D eigenvalue weighted by Gasteiger charge is -2.16. The first-order valence-electron chi connectivity index (χ1n) is 10.2. The SMILES string of the molecule is Cc1ccc(N2C[C@@H](C(=O)OCC(=O)c3ccc(-c4ccccc4)cc3)CC2=O)cc1. The summed E-state index contributed by atoms with van der Waals surface area (Å²) in [5.74, 6) is -1.47. The first-order valence-corrected chi connectivity index (χ1v) is 10.2. The van der Waals surface area contributed by atoms with Crippen LogP contribution in [0.3, 0.4) is 0 Å². The number of ether oxygens (including phenoxy) is 1. The molecule has 5 nitrogen and oxygen atoms in total. The number of ketones is 1. The molecule has 1 heterocycles. The highest BCUT2D eigenvalue weighted by Crippen LogP contribution is 2.26. The highest BCUT2D eigenvalue weighted by molar-refractivity contribution is 6.01. The maximum absolute atomic E-state index is 12.4. The zero-order chi connectivity index (χ0) is 21.8. The van der Waals surface area contributed by atoms with Crippen molar-refractivity contribution in [1.82, 2.24) is 0 Å². The molecule has 1 aliphatic heterocycles. The summed E-state index contributed by atoms with van der Waals surface area (Å²) in [5.41, 5.74) is 4.42. The summed E-state index contributed by atoms with van der Waals surface area (Å²) < 4.78 is 5.24. The lowest BCUT2D eigenvalue weighted by atomic mass is 10.0. The second kappa shape index (κ2) is 8.96. The van der Waals surface area contributed by atoms with Crippen molar-refractivity contribution in [3.05, 3.63) is 90.0 Å². The molecular weight excluding hydrogens is 390 g/mol. The number of carbonyl (C=O) groups excluding carboxylic acids is 3. The van der Waals surface area contributed by atoms with Crippen molar-refractivity contribution in [3.8, 4) is 11.1 Å². The molecule has 0 N–H and O–H groups in total. The van der Waals surface area contributed by atoms with Gasteiger partial charge in [0, 0.05) is 24.2 Å². The summed E-state index contributed by atoms with van der Waals surface area (Å²) >= 11 is 0. The molecular formula is C26H23NO4. The number of benzene rings is 3. The number of rotatable bonds is 6. The number of carbonyl (C=O) groups is 3. The van der Waals surface area contributed by atoms with Gasteiger partial charge in [0.15, 0.2) is 12.4 Å². The molecule has 0 radical (unpaired) electrons. The van der Waals surface area contributed by atoms with Gasteiger partial charge in [-0.05, 0) is 30.2 Å². The summed E-state index contributed by atoms with van der Waals surface area (Å²) in [6, 6.07) is 24.7. The molecule has 31 heavy (non-hydrogen) atoms. The van der Waals surface area contributed by atoms with Crippen LogP contribution in [0.1, 0.15) is 22.3 Å². The molecule has 1 saturated heterocycles. The van der Waals surface area contributed by atoms with Crippen LogP contribution in [0, 0.1) is 12.8 Å². The van der Waals surface area contributed by atoms with Crippen LogP contribution >= 0.6 is 0 Å². The van der Waals surface area contributed by atoms with Gasteiger partial charge in [-0.3, -0.25) is 14.4 Å². The molecule has 0 bridgehead atoms. The van der Waals surface area contributed by atoms with Crippen LogP contribution in [0.25, 0.3) is 11.1 Å². The molecule has 1 amide bonds. The number of anilines is 1. The third-order valence-electron chi connectivity index (χ3n) is 5.46. The van der Waals surface area contributed by atoms with Crippen molar-refractivity contribution in [2.45, 2.75) is 13.3 Å². The van der Waals surface area contributed by atoms with Crippen LogP contribution in [0.15, 0.2) is 78.9 Å². The Kier molecular flexibility index (Phi) is 5.94. The van der Waals surface area contributed by atoms with Gasteiger partial charge >= 0.3 is 5.97 Å². The highest BCUT2D eigenvalue weighted by Gasteiger charge is 2.36. The van der Waals surface area contributed by atoms with Gasteiger partial charge in [0.2, 0.25) is 5.91 Å². The molecule has 0 spiro atoms. The van der Waals surface area contributed by atoms with E-state index in [2.05, 4.69) is 0 Å². The standard InChI is InChI=1S/C26H23NO4/c1-18-7-13-23(14-8-18)27-16-22(15-25(27)29)26(30)31-17-24(28)21-11-9-20(10-12-21)19-5-3-2-4-6-19/h2-14,22H,15-17H2,1H3/t22-/m0/s1. The van der Waals surface area contributed by atoms with Gasteiger partial charge in [-0.25, -0.2) is 0 Å². The van der Waals surface area contributed by atoms with E-state index in [-0.39, 0.29) is 31.3 Å². The van der Waals surface area contributed by atoms with Gasteiger partial charge in [-0.1, -0.05) is 72.3 Å². The van der Waals surface area contributed by atoms with E-state index >= 15 is 0 Å². The summed E-state index contributed by atoms with van der Waals surface area (Å²) in [4.78, 5) is 38.8. The van der Waals surface area contributed by atoms with Crippen molar-refractivity contribution in [1.29, 1.82) is 0 Å². The smallest absolute Gasteiger partial charge is 0.311 e. The average Bonchev–Trinajstić information content (AvgIpc) is 3.20. The summed E-state index contributed by atoms with van der Waals surface area (Å²) in [6.45, 7) is 1.90. The molecule has 3 aromatic carbocycles. The normalized spacial score (nSPS) is 15.7. The minimum Gasteiger partial charge on any atom is -0.457 e. The molecule has 0 aromatic heterocycles. The molecule has 1 atom stereocenters. The number of aryl methyl sites for hydroxylation is 1. The Morgan fingerprint density at radius 3 is 2.23 bits per heavy atom. The van der Waals surface area contributed by atoms with E-state index in [1.807, 2.05) is 73.7 Å². The second-order valence-electron chi connectivity index (χ2n) is 7.72. The predicted molar refractivity (Wildman–Crippen MR) is 119 cm³/mol. The third-order valence-corrected chi connectivity index (χ3v) is 5.46. The van der Waals surface area contributed by atoms with Gasteiger partial charge in [0.05, 0.1) is 5.92 Å². The molecule has 0 unspecified atom stereocenters. The van der Waals surface area contributed by atoms with E-state index in [9.17, 15) is 14.4 Å². The number of hydrogen-bond acceptors (Lipinski definition) is 4. The lowest BCUT2D eigenvalue weighted by molar-refractivity contribution is -0.147. The number of esters is 1. The van der Waals surface area contributed by atoms with Crippen LogP contribution in [0.5, 0.6) is 0 Å². The Bertz CT molecular complexity index is 1090. The molecule has 156 valence electrons. The van der Waals surface area contributed by atoms with Crippen molar-refractivity contribution in [3.63, 3.8) is 0 Å². The largest absolute Gasteiger partial charge is 0.457 e. The number of hydrogen-bond donors (Lipinski definition) is 0. The molecule has 0 aliphatic carbocycles. The third kappa shape index (κ3) is 4.72. The van der Waals surface area contributed by atoms with E-state index in [1.165, 1.54) is 0 Å². The van der Waals surface area contributed by atoms with Gasteiger partial charge in [-0.2, -0.15) is 0 Å². The van der Waals surface area contributed by atoms with Crippen molar-refractivity contribution in [2.24, 2.45) is 5.92 Å². The second-order valence-corrected chi connectivity index (χ2v) is 7.72. The first-order chi connectivity index (χ1) is 15.0. The minimum atomic E-state index is -0.568. The van der Waals surface area contributed by atoms with Crippen molar-refractivity contribution < 1.29 is 19.1 Å². The maximum atomic E-state index is 12.4. The van der Waals surface area contributed by atoms with E-state index in [0.717, 1.165) is 22.4 Å². The Balaban J connectivity index is 1.33. The zero-order valence-corrected chi connectivity index (χ0v) is 17.3. The van der Waals surface area contributed by atoms with E-state index < -0.39 is 11.9 Å². The van der Waals surface area contributed by atoms with E-state index in [0.29, 0.717) is 5.56 Å². The quantitative estimate of drug-likeness (QED) is 0.443. The Morgan fingerprint density at radius 2 is 1.55 bits per heavy atom. The fraction of sp³-hybridized carbons (Fsp3) is 0.192. The van der Waals surface area contributed by atoms with E-state index in [1.54, 1.807) is 17.0 Å². The first kappa shape index (κ1) is 20.5. The van der Waals surface area contributed by atoms with Crippen LogP contribution in [0.2, 0.25) is 0 Å². The monoisotopic (exact) mass is 413 g/mol. The zero-order valence-electron chi connectivity index (χ0n) is 17.3. The van der Waals surface area contributed by atoms with Gasteiger partial charge < -0.3 is 9.64 Å². The van der Waals surface area contributed by atoms with Gasteiger partial charge in [-0.15, -0.1) is 0 Å². The number of Topliss-reactive ketones (excluding diaryl/α,β-unsaturated/α-hetero) is 1. The maximum Gasteiger partial charge on any atom is 0.311 e. The average molecular weight is 413 g/mol. The molecule has 1 aliphatic rings. The number of nitrogens with zero attached hydrogens (tertiary/aromatic N) is 1. The highest BCUT2D eigenvalue weighted by atomic mass is 16.5. The molecule has 1 fully saturated rings. The van der Waals surface area contributed by atoms with E-state index in [4.69, 9.17) is 4.74 Å². The minimum absolute atomic E-state index is 0.0900. The summed E-state index contributed by atoms with van der Waals surface area (Å²) in [6.07, 6.45) is 0.0900. The Morgan fingerprint density at radius 1 is 0.903 bits per heavy atom. The van der Waals surface area contributed by atoms with Crippen molar-refractivity contribution in [2.75, 3.05) is 18.1 Å². The predicted octanol–water partition coefficient (Wildman–Crippen LogP) is 4.44. The molecule has 5 heteroatoms. The molecule has 0 saturated carbocycles. The van der Waals surface area contributed by atoms with Crippen LogP contribution in [0.4, 0.5) is 5.69 Å².